The van der Waals surface area contributed by atoms with Gasteiger partial charge in [-0.25, -0.2) is 0 Å². The van der Waals surface area contributed by atoms with Crippen LogP contribution in [0, 0.1) is 0 Å². The second kappa shape index (κ2) is 7.94. The van der Waals surface area contributed by atoms with Gasteiger partial charge in [0.2, 0.25) is 0 Å². The number of hydrogen-bond donors (Lipinski definition) is 0. The zero-order chi connectivity index (χ0) is 29.6. The van der Waals surface area contributed by atoms with E-state index in [1.165, 1.54) is 0 Å². The van der Waals surface area contributed by atoms with Crippen molar-refractivity contribution in [3.63, 3.8) is 0 Å². The van der Waals surface area contributed by atoms with Crippen LogP contribution in [0.2, 0.25) is 0 Å². The highest BCUT2D eigenvalue weighted by Gasteiger charge is 2.94. The molecule has 0 aromatic heterocycles. The Kier molecular flexibility index (Phi) is 7.15. The van der Waals surface area contributed by atoms with Gasteiger partial charge in [0.05, 0.1) is 0 Å². The van der Waals surface area contributed by atoms with Crippen molar-refractivity contribution in [1.82, 2.24) is 0 Å². The average Bonchev–Trinajstić information content (AvgIpc) is 2.49. The van der Waals surface area contributed by atoms with Crippen LogP contribution < -0.4 is 0 Å². The quantitative estimate of drug-likeness (QED) is 0.330. The monoisotopic (exact) mass is 596 g/mol. The number of ether oxygens (including phenoxy) is 2. The molecule has 24 heteroatoms. The lowest BCUT2D eigenvalue weighted by Gasteiger charge is -2.54. The molecule has 0 aromatic rings. The van der Waals surface area contributed by atoms with Gasteiger partial charge in [-0.3, -0.25) is 0 Å². The Morgan fingerprint density at radius 3 is 0.583 bits per heavy atom. The molecule has 0 saturated heterocycles. The van der Waals surface area contributed by atoms with Crippen molar-refractivity contribution in [2.24, 2.45) is 0 Å². The Hall–Kier alpha value is -1.62. The first-order valence-corrected chi connectivity index (χ1v) is 7.70. The van der Waals surface area contributed by atoms with Gasteiger partial charge in [0.25, 0.3) is 0 Å². The largest absolute Gasteiger partial charge is 0.435 e. The summed E-state index contributed by atoms with van der Waals surface area (Å²) in [5.74, 6) is -13.9. The van der Waals surface area contributed by atoms with Crippen LogP contribution in [0.1, 0.15) is 0 Å². The van der Waals surface area contributed by atoms with Crippen molar-refractivity contribution in [1.29, 1.82) is 0 Å². The summed E-state index contributed by atoms with van der Waals surface area (Å²) in [5, 5.41) is 0. The number of alkyl halides is 22. The van der Waals surface area contributed by atoms with Gasteiger partial charge < -0.3 is 9.47 Å². The summed E-state index contributed by atoms with van der Waals surface area (Å²) < 4.78 is 288. The molecule has 0 radical (unpaired) electrons. The summed E-state index contributed by atoms with van der Waals surface area (Å²) in [4.78, 5) is 0. The second-order valence-corrected chi connectivity index (χ2v) is 6.67. The van der Waals surface area contributed by atoms with Crippen molar-refractivity contribution in [3.8, 4) is 0 Å². The minimum Gasteiger partial charge on any atom is -0.338 e. The van der Waals surface area contributed by atoms with Gasteiger partial charge in [0, 0.05) is 0 Å². The zero-order valence-corrected chi connectivity index (χ0v) is 15.3. The summed E-state index contributed by atoms with van der Waals surface area (Å²) >= 11 is 0. The Labute approximate surface area is 180 Å². The molecule has 0 unspecified atom stereocenters. The Morgan fingerprint density at radius 2 is 0.472 bits per heavy atom. The third kappa shape index (κ3) is 4.18. The lowest BCUT2D eigenvalue weighted by Crippen LogP contribution is -2.83. The fourth-order valence-electron chi connectivity index (χ4n) is 2.68. The number of halogens is 22. The number of rotatable bonds is 4. The van der Waals surface area contributed by atoms with Crippen molar-refractivity contribution < 1.29 is 106 Å². The van der Waals surface area contributed by atoms with Crippen molar-refractivity contribution in [2.75, 3.05) is 0 Å². The molecule has 1 saturated carbocycles. The molecule has 0 amide bonds. The molecular formula is C12H2F22O2. The van der Waals surface area contributed by atoms with Crippen LogP contribution in [0.25, 0.3) is 0 Å². The highest BCUT2D eigenvalue weighted by molar-refractivity contribution is 5.19. The molecule has 0 aromatic carbocycles. The van der Waals surface area contributed by atoms with Crippen LogP contribution in [0.4, 0.5) is 96.6 Å². The maximum absolute atomic E-state index is 13.5. The van der Waals surface area contributed by atoms with Crippen LogP contribution in [0.3, 0.4) is 0 Å². The van der Waals surface area contributed by atoms with Gasteiger partial charge in [-0.1, -0.05) is 0 Å². The van der Waals surface area contributed by atoms with Gasteiger partial charge in [0.1, 0.15) is 0 Å². The highest BCUT2D eigenvalue weighted by atomic mass is 19.4. The molecule has 2 atom stereocenters. The van der Waals surface area contributed by atoms with E-state index in [1.54, 1.807) is 0 Å². The molecule has 1 aliphatic carbocycles. The van der Waals surface area contributed by atoms with Gasteiger partial charge >= 0.3 is 60.1 Å². The zero-order valence-electron chi connectivity index (χ0n) is 15.3. The molecule has 0 spiro atoms. The SMILES string of the molecule is FC(F)(F)C(O[C@@H]1[C@H](OC(C(F)(F)F)(C(F)(F)F)C(F)(F)F)C(F)(F)C1(F)F)(C(F)(F)F)C(F)(F)F. The molecule has 0 N–H and O–H groups in total. The lowest BCUT2D eigenvalue weighted by molar-refractivity contribution is -0.531. The van der Waals surface area contributed by atoms with E-state index in [0.29, 0.717) is 0 Å². The molecule has 36 heavy (non-hydrogen) atoms. The van der Waals surface area contributed by atoms with Crippen molar-refractivity contribution >= 4 is 0 Å². The van der Waals surface area contributed by atoms with E-state index >= 15 is 0 Å². The van der Waals surface area contributed by atoms with E-state index in [2.05, 4.69) is 0 Å². The van der Waals surface area contributed by atoms with E-state index in [1.807, 2.05) is 9.47 Å². The third-order valence-corrected chi connectivity index (χ3v) is 4.44. The standard InChI is InChI=1S/C12H2F22O2/c13-3(14)1(35-5(7(17,18)19,8(20,21)22)9(23,24)25)2(4(3,15)16)36-6(10(26,27)28,11(29,30)31)12(32,33)34/h1-2H/t1-,2+. The highest BCUT2D eigenvalue weighted by Crippen LogP contribution is 2.64. The minimum absolute atomic E-state index is 1.98. The molecule has 0 aliphatic heterocycles. The van der Waals surface area contributed by atoms with E-state index in [0.717, 1.165) is 0 Å². The van der Waals surface area contributed by atoms with Crippen LogP contribution in [-0.2, 0) is 9.47 Å². The van der Waals surface area contributed by atoms with Crippen LogP contribution in [0.5, 0.6) is 0 Å². The Bertz CT molecular complexity index is 662. The topological polar surface area (TPSA) is 18.5 Å². The minimum atomic E-state index is -8.07. The normalized spacial score (nSPS) is 24.5. The first-order valence-electron chi connectivity index (χ1n) is 7.70. The second-order valence-electron chi connectivity index (χ2n) is 6.67. The Morgan fingerprint density at radius 1 is 0.333 bits per heavy atom. The lowest BCUT2D eigenvalue weighted by atomic mass is 9.80. The average molecular weight is 596 g/mol. The maximum atomic E-state index is 13.5. The van der Waals surface area contributed by atoms with Crippen LogP contribution >= 0.6 is 0 Å². The summed E-state index contributed by atoms with van der Waals surface area (Å²) in [6, 6.07) is 0. The maximum Gasteiger partial charge on any atom is 0.435 e. The molecular weight excluding hydrogens is 594 g/mol. The summed E-state index contributed by atoms with van der Waals surface area (Å²) in [6.07, 6.45) is -59.9. The molecule has 0 bridgehead atoms. The van der Waals surface area contributed by atoms with Gasteiger partial charge in [0.15, 0.2) is 12.2 Å². The Balaban J connectivity index is 3.95. The molecule has 1 aliphatic rings. The van der Waals surface area contributed by atoms with Crippen molar-refractivity contribution in [2.45, 2.75) is 72.3 Å². The first-order chi connectivity index (χ1) is 15.2. The summed E-state index contributed by atoms with van der Waals surface area (Å²) in [6.45, 7) is 0. The molecule has 0 heterocycles. The fraction of sp³-hybridized carbons (Fsp3) is 1.00. The molecule has 1 fully saturated rings. The predicted octanol–water partition coefficient (Wildman–Crippen LogP) is 6.89. The molecule has 2 nitrogen and oxygen atoms in total. The first kappa shape index (κ1) is 32.4. The third-order valence-electron chi connectivity index (χ3n) is 4.44. The van der Waals surface area contributed by atoms with Crippen LogP contribution in [-0.4, -0.2) is 72.3 Å². The van der Waals surface area contributed by atoms with Crippen LogP contribution in [0.15, 0.2) is 0 Å². The van der Waals surface area contributed by atoms with E-state index in [4.69, 9.17) is 0 Å². The van der Waals surface area contributed by atoms with E-state index < -0.39 is 72.3 Å². The predicted molar refractivity (Wildman–Crippen MR) is 61.4 cm³/mol. The van der Waals surface area contributed by atoms with Crippen molar-refractivity contribution in [3.05, 3.63) is 0 Å². The fourth-order valence-corrected chi connectivity index (χ4v) is 2.68. The van der Waals surface area contributed by atoms with Gasteiger partial charge in [-0.2, -0.15) is 96.6 Å². The molecule has 1 rings (SSSR count). The van der Waals surface area contributed by atoms with E-state index in [-0.39, 0.29) is 0 Å². The van der Waals surface area contributed by atoms with Gasteiger partial charge in [-0.15, -0.1) is 0 Å². The number of hydrogen-bond acceptors (Lipinski definition) is 2. The van der Waals surface area contributed by atoms with Gasteiger partial charge in [-0.05, 0) is 0 Å². The van der Waals surface area contributed by atoms with E-state index in [9.17, 15) is 96.6 Å². The summed E-state index contributed by atoms with van der Waals surface area (Å²) in [7, 11) is 0. The molecule has 216 valence electrons. The summed E-state index contributed by atoms with van der Waals surface area (Å²) in [5.41, 5.74) is -16.1. The smallest absolute Gasteiger partial charge is 0.338 e.